The van der Waals surface area contributed by atoms with Gasteiger partial charge in [-0.3, -0.25) is 4.79 Å². The smallest absolute Gasteiger partial charge is 0.321 e. The van der Waals surface area contributed by atoms with Crippen LogP contribution in [0, 0.1) is 12.8 Å². The zero-order valence-electron chi connectivity index (χ0n) is 16.1. The number of amides is 3. The van der Waals surface area contributed by atoms with E-state index >= 15 is 0 Å². The molecule has 0 bridgehead atoms. The number of likely N-dealkylation sites (tertiary alicyclic amines) is 1. The number of ether oxygens (including phenoxy) is 1. The summed E-state index contributed by atoms with van der Waals surface area (Å²) in [7, 11) is 3.52. The number of aryl methyl sites for hydroxylation is 1. The van der Waals surface area contributed by atoms with Crippen molar-refractivity contribution in [2.24, 2.45) is 5.92 Å². The Morgan fingerprint density at radius 1 is 1.31 bits per heavy atom. The first-order valence-corrected chi connectivity index (χ1v) is 9.32. The lowest BCUT2D eigenvalue weighted by Gasteiger charge is -2.44. The minimum atomic E-state index is -0.347. The first-order valence-electron chi connectivity index (χ1n) is 9.32. The quantitative estimate of drug-likeness (QED) is 0.883. The van der Waals surface area contributed by atoms with Crippen LogP contribution in [0.1, 0.15) is 31.7 Å². The summed E-state index contributed by atoms with van der Waals surface area (Å²) in [6.45, 7) is 5.41. The lowest BCUT2D eigenvalue weighted by molar-refractivity contribution is -0.153. The molecule has 3 atom stereocenters. The number of rotatable bonds is 2. The molecule has 0 saturated carbocycles. The lowest BCUT2D eigenvalue weighted by atomic mass is 9.80. The first-order chi connectivity index (χ1) is 12.3. The van der Waals surface area contributed by atoms with E-state index in [4.69, 9.17) is 4.74 Å². The number of urea groups is 1. The Morgan fingerprint density at radius 2 is 2.08 bits per heavy atom. The van der Waals surface area contributed by atoms with Crippen LogP contribution in [0.3, 0.4) is 0 Å². The normalized spacial score (nSPS) is 28.2. The average molecular weight is 359 g/mol. The van der Waals surface area contributed by atoms with Crippen LogP contribution in [0.25, 0.3) is 0 Å². The van der Waals surface area contributed by atoms with Gasteiger partial charge in [0, 0.05) is 38.8 Å². The highest BCUT2D eigenvalue weighted by Crippen LogP contribution is 2.42. The number of hydrogen-bond donors (Lipinski definition) is 1. The summed E-state index contributed by atoms with van der Waals surface area (Å²) < 4.78 is 6.24. The number of carbonyl (C=O) groups is 2. The van der Waals surface area contributed by atoms with E-state index in [1.54, 1.807) is 19.0 Å². The average Bonchev–Trinajstić information content (AvgIpc) is 3.02. The van der Waals surface area contributed by atoms with Gasteiger partial charge in [0.1, 0.15) is 6.10 Å². The highest BCUT2D eigenvalue weighted by Gasteiger charge is 2.49. The number of likely N-dealkylation sites (N-methyl/N-ethyl adjacent to an activating group) is 1. The fourth-order valence-electron chi connectivity index (χ4n) is 4.05. The van der Waals surface area contributed by atoms with E-state index in [1.807, 2.05) is 36.1 Å². The highest BCUT2D eigenvalue weighted by atomic mass is 16.5. The number of nitrogens with zero attached hydrogens (tertiary/aromatic N) is 2. The Bertz CT molecular complexity index is 691. The minimum Gasteiger partial charge on any atom is -0.362 e. The van der Waals surface area contributed by atoms with Gasteiger partial charge in [0.2, 0.25) is 0 Å². The van der Waals surface area contributed by atoms with Crippen molar-refractivity contribution in [3.05, 3.63) is 29.8 Å². The van der Waals surface area contributed by atoms with Crippen molar-refractivity contribution in [3.63, 3.8) is 0 Å². The van der Waals surface area contributed by atoms with E-state index in [0.717, 1.165) is 30.5 Å². The molecule has 0 unspecified atom stereocenters. The van der Waals surface area contributed by atoms with Gasteiger partial charge in [-0.25, -0.2) is 4.79 Å². The van der Waals surface area contributed by atoms with Crippen LogP contribution in [0.15, 0.2) is 24.3 Å². The molecule has 0 aromatic heterocycles. The van der Waals surface area contributed by atoms with Crippen LogP contribution in [-0.2, 0) is 9.53 Å². The van der Waals surface area contributed by atoms with Crippen molar-refractivity contribution >= 4 is 17.6 Å². The van der Waals surface area contributed by atoms with Gasteiger partial charge >= 0.3 is 6.03 Å². The van der Waals surface area contributed by atoms with Gasteiger partial charge in [-0.05, 0) is 43.9 Å². The Kier molecular flexibility index (Phi) is 5.23. The van der Waals surface area contributed by atoms with Crippen molar-refractivity contribution in [1.29, 1.82) is 0 Å². The van der Waals surface area contributed by atoms with Crippen molar-refractivity contribution in [2.45, 2.75) is 44.8 Å². The number of nitrogens with one attached hydrogen (secondary N) is 1. The molecule has 142 valence electrons. The third-order valence-electron chi connectivity index (χ3n) is 5.68. The van der Waals surface area contributed by atoms with Crippen molar-refractivity contribution in [1.82, 2.24) is 9.80 Å². The van der Waals surface area contributed by atoms with Gasteiger partial charge in [0.15, 0.2) is 0 Å². The van der Waals surface area contributed by atoms with Crippen LogP contribution in [0.4, 0.5) is 10.5 Å². The van der Waals surface area contributed by atoms with E-state index in [9.17, 15) is 9.59 Å². The van der Waals surface area contributed by atoms with Gasteiger partial charge in [-0.1, -0.05) is 19.1 Å². The predicted octanol–water partition coefficient (Wildman–Crippen LogP) is 2.87. The number of carbonyl (C=O) groups excluding carboxylic acids is 2. The van der Waals surface area contributed by atoms with Crippen LogP contribution in [0.5, 0.6) is 0 Å². The summed E-state index contributed by atoms with van der Waals surface area (Å²) >= 11 is 0. The van der Waals surface area contributed by atoms with E-state index < -0.39 is 0 Å². The summed E-state index contributed by atoms with van der Waals surface area (Å²) in [5.41, 5.74) is 1.65. The zero-order valence-corrected chi connectivity index (χ0v) is 16.1. The molecule has 2 aliphatic rings. The predicted molar refractivity (Wildman–Crippen MR) is 101 cm³/mol. The Labute approximate surface area is 155 Å². The van der Waals surface area contributed by atoms with Gasteiger partial charge in [-0.2, -0.15) is 0 Å². The number of piperidine rings is 1. The summed E-state index contributed by atoms with van der Waals surface area (Å²) in [5, 5.41) is 2.98. The van der Waals surface area contributed by atoms with Gasteiger partial charge < -0.3 is 19.9 Å². The second-order valence-corrected chi connectivity index (χ2v) is 7.84. The third kappa shape index (κ3) is 3.70. The number of anilines is 1. The molecule has 2 heterocycles. The van der Waals surface area contributed by atoms with Gasteiger partial charge in [-0.15, -0.1) is 0 Å². The number of hydrogen-bond acceptors (Lipinski definition) is 3. The second kappa shape index (κ2) is 7.27. The lowest BCUT2D eigenvalue weighted by Crippen LogP contribution is -2.53. The summed E-state index contributed by atoms with van der Waals surface area (Å²) in [6, 6.07) is 7.73. The van der Waals surface area contributed by atoms with Crippen molar-refractivity contribution in [2.75, 3.05) is 32.5 Å². The van der Waals surface area contributed by atoms with Crippen LogP contribution in [0.2, 0.25) is 0 Å². The standard InChI is InChI=1S/C20H29N3O3/c1-14-6-5-7-16(12-14)21-19(25)23-11-10-20(15(2)13-23)9-8-17(26-20)18(24)22(3)4/h5-7,12,15,17H,8-11,13H2,1-4H3,(H,21,25)/t15-,17+,20-/m1/s1. The SMILES string of the molecule is Cc1cccc(NC(=O)N2CC[C@]3(CC[C@@H](C(=O)N(C)C)O3)[C@H](C)C2)c1. The molecule has 3 amide bonds. The Morgan fingerprint density at radius 3 is 2.73 bits per heavy atom. The summed E-state index contributed by atoms with van der Waals surface area (Å²) in [4.78, 5) is 28.3. The third-order valence-corrected chi connectivity index (χ3v) is 5.68. The maximum Gasteiger partial charge on any atom is 0.321 e. The zero-order chi connectivity index (χ0) is 18.9. The topological polar surface area (TPSA) is 61.9 Å². The molecular formula is C20H29N3O3. The fraction of sp³-hybridized carbons (Fsp3) is 0.600. The molecule has 1 spiro atoms. The number of benzene rings is 1. The van der Waals surface area contributed by atoms with E-state index in [2.05, 4.69) is 12.2 Å². The van der Waals surface area contributed by atoms with Crippen molar-refractivity contribution < 1.29 is 14.3 Å². The van der Waals surface area contributed by atoms with E-state index in [0.29, 0.717) is 13.1 Å². The molecule has 0 aliphatic carbocycles. The van der Waals surface area contributed by atoms with Gasteiger partial charge in [0.05, 0.1) is 5.60 Å². The largest absolute Gasteiger partial charge is 0.362 e. The molecule has 6 nitrogen and oxygen atoms in total. The Balaban J connectivity index is 1.60. The molecule has 1 aromatic carbocycles. The Hall–Kier alpha value is -2.08. The molecular weight excluding hydrogens is 330 g/mol. The van der Waals surface area contributed by atoms with Crippen LogP contribution < -0.4 is 5.32 Å². The fourth-order valence-corrected chi connectivity index (χ4v) is 4.05. The molecule has 1 aromatic rings. The monoisotopic (exact) mass is 359 g/mol. The molecule has 0 radical (unpaired) electrons. The first kappa shape index (κ1) is 18.7. The van der Waals surface area contributed by atoms with Crippen LogP contribution >= 0.6 is 0 Å². The molecule has 6 heteroatoms. The maximum absolute atomic E-state index is 12.6. The summed E-state index contributed by atoms with van der Waals surface area (Å²) in [5.74, 6) is 0.230. The molecule has 3 rings (SSSR count). The second-order valence-electron chi connectivity index (χ2n) is 7.84. The maximum atomic E-state index is 12.6. The minimum absolute atomic E-state index is 0.0358. The van der Waals surface area contributed by atoms with Crippen LogP contribution in [-0.4, -0.2) is 60.6 Å². The van der Waals surface area contributed by atoms with E-state index in [-0.39, 0.29) is 29.6 Å². The molecule has 1 N–H and O–H groups in total. The molecule has 26 heavy (non-hydrogen) atoms. The highest BCUT2D eigenvalue weighted by molar-refractivity contribution is 5.89. The molecule has 2 fully saturated rings. The van der Waals surface area contributed by atoms with Gasteiger partial charge in [0.25, 0.3) is 5.91 Å². The van der Waals surface area contributed by atoms with E-state index in [1.165, 1.54) is 0 Å². The molecule has 2 saturated heterocycles. The van der Waals surface area contributed by atoms with Crippen molar-refractivity contribution in [3.8, 4) is 0 Å². The molecule has 2 aliphatic heterocycles. The summed E-state index contributed by atoms with van der Waals surface area (Å²) in [6.07, 6.45) is 2.06.